The first-order valence-electron chi connectivity index (χ1n) is 15.2. The largest absolute Gasteiger partial charge is 0.492 e. The molecule has 3 aromatic rings. The van der Waals surface area contributed by atoms with E-state index in [1.54, 1.807) is 18.0 Å². The molecule has 1 aromatic heterocycles. The lowest BCUT2D eigenvalue weighted by Gasteiger charge is -2.22. The van der Waals surface area contributed by atoms with Gasteiger partial charge in [-0.1, -0.05) is 113 Å². The summed E-state index contributed by atoms with van der Waals surface area (Å²) in [5.74, 6) is 0.697. The van der Waals surface area contributed by atoms with Crippen molar-refractivity contribution >= 4 is 40.2 Å². The van der Waals surface area contributed by atoms with Gasteiger partial charge in [0.05, 0.1) is 18.2 Å². The average molecular weight is 644 g/mol. The van der Waals surface area contributed by atoms with Gasteiger partial charge in [0.2, 0.25) is 5.91 Å². The number of halogens is 2. The highest BCUT2D eigenvalue weighted by Gasteiger charge is 2.14. The van der Waals surface area contributed by atoms with Crippen molar-refractivity contribution in [3.05, 3.63) is 88.7 Å². The molecule has 0 aliphatic rings. The van der Waals surface area contributed by atoms with E-state index in [-0.39, 0.29) is 22.9 Å². The molecule has 0 bridgehead atoms. The lowest BCUT2D eigenvalue weighted by Crippen LogP contribution is -2.27. The monoisotopic (exact) mass is 642 g/mol. The van der Waals surface area contributed by atoms with Gasteiger partial charge in [-0.15, -0.1) is 17.0 Å². The summed E-state index contributed by atoms with van der Waals surface area (Å²) < 4.78 is 5.98. The Hall–Kier alpha value is -2.37. The van der Waals surface area contributed by atoms with Crippen molar-refractivity contribution in [1.29, 1.82) is 0 Å². The van der Waals surface area contributed by atoms with E-state index in [0.717, 1.165) is 35.2 Å². The lowest BCUT2D eigenvalue weighted by molar-refractivity contribution is -0.116. The van der Waals surface area contributed by atoms with Crippen LogP contribution in [0.15, 0.2) is 67.0 Å². The predicted octanol–water partition coefficient (Wildman–Crippen LogP) is 10.5. The van der Waals surface area contributed by atoms with Crippen molar-refractivity contribution in [2.45, 2.75) is 104 Å². The zero-order valence-electron chi connectivity index (χ0n) is 25.0. The fourth-order valence-electron chi connectivity index (χ4n) is 5.02. The quantitative estimate of drug-likeness (QED) is 0.122. The van der Waals surface area contributed by atoms with Gasteiger partial charge in [0.25, 0.3) is 0 Å². The van der Waals surface area contributed by atoms with Crippen LogP contribution in [0.1, 0.15) is 108 Å². The standard InChI is InChI=1S/C35H47ClN2O2.BrH/c1-3-4-5-6-7-8-9-10-11-12-13-14-23-40-35-21-20-32(26-34(35)36)28-38(29(2)39)33-19-15-17-30(25-33)24-31-18-16-22-37-27-31;/h15-22,25-27H,3-14,23-24,28H2,1-2H3;1H. The van der Waals surface area contributed by atoms with Crippen LogP contribution in [0.3, 0.4) is 0 Å². The Labute approximate surface area is 263 Å². The molecule has 0 spiro atoms. The Morgan fingerprint density at radius 3 is 2.07 bits per heavy atom. The molecule has 4 nitrogen and oxygen atoms in total. The van der Waals surface area contributed by atoms with Gasteiger partial charge in [0, 0.05) is 25.0 Å². The third-order valence-corrected chi connectivity index (χ3v) is 7.62. The number of ether oxygens (including phenoxy) is 1. The highest BCUT2D eigenvalue weighted by molar-refractivity contribution is 8.93. The van der Waals surface area contributed by atoms with Gasteiger partial charge < -0.3 is 9.64 Å². The molecule has 0 unspecified atom stereocenters. The number of nitrogens with zero attached hydrogens (tertiary/aromatic N) is 2. The van der Waals surface area contributed by atoms with E-state index in [4.69, 9.17) is 16.3 Å². The van der Waals surface area contributed by atoms with Crippen LogP contribution in [0.5, 0.6) is 5.75 Å². The second-order valence-electron chi connectivity index (χ2n) is 10.8. The molecule has 1 amide bonds. The minimum absolute atomic E-state index is 0. The van der Waals surface area contributed by atoms with Crippen LogP contribution in [0, 0.1) is 0 Å². The van der Waals surface area contributed by atoms with Gasteiger partial charge in [-0.3, -0.25) is 9.78 Å². The first kappa shape index (κ1) is 34.8. The zero-order chi connectivity index (χ0) is 28.4. The van der Waals surface area contributed by atoms with Crippen LogP contribution in [0.2, 0.25) is 5.02 Å². The second kappa shape index (κ2) is 20.5. The van der Waals surface area contributed by atoms with Crippen molar-refractivity contribution in [3.63, 3.8) is 0 Å². The van der Waals surface area contributed by atoms with Gasteiger partial charge in [0.15, 0.2) is 0 Å². The second-order valence-corrected chi connectivity index (χ2v) is 11.2. The maximum atomic E-state index is 12.6. The normalized spacial score (nSPS) is 10.7. The first-order valence-corrected chi connectivity index (χ1v) is 15.6. The topological polar surface area (TPSA) is 42.4 Å². The Morgan fingerprint density at radius 2 is 1.46 bits per heavy atom. The molecule has 1 heterocycles. The predicted molar refractivity (Wildman–Crippen MR) is 179 cm³/mol. The summed E-state index contributed by atoms with van der Waals surface area (Å²) in [7, 11) is 0. The van der Waals surface area contributed by atoms with E-state index in [9.17, 15) is 4.79 Å². The molecule has 0 saturated carbocycles. The average Bonchev–Trinajstić information content (AvgIpc) is 2.95. The number of carbonyl (C=O) groups excluding carboxylic acids is 1. The van der Waals surface area contributed by atoms with Gasteiger partial charge >= 0.3 is 0 Å². The number of unbranched alkanes of at least 4 members (excludes halogenated alkanes) is 11. The number of rotatable bonds is 19. The van der Waals surface area contributed by atoms with Crippen molar-refractivity contribution in [2.75, 3.05) is 11.5 Å². The fourth-order valence-corrected chi connectivity index (χ4v) is 5.28. The Bertz CT molecular complexity index is 1140. The number of hydrogen-bond donors (Lipinski definition) is 0. The maximum absolute atomic E-state index is 12.6. The molecule has 2 aromatic carbocycles. The molecule has 6 heteroatoms. The molecule has 0 radical (unpaired) electrons. The minimum atomic E-state index is -0.0121. The highest BCUT2D eigenvalue weighted by atomic mass is 79.9. The summed E-state index contributed by atoms with van der Waals surface area (Å²) in [5.41, 5.74) is 4.11. The number of amides is 1. The Kier molecular flexibility index (Phi) is 17.4. The van der Waals surface area contributed by atoms with Crippen molar-refractivity contribution in [3.8, 4) is 5.75 Å². The van der Waals surface area contributed by atoms with Gasteiger partial charge in [0.1, 0.15) is 5.75 Å². The molecule has 3 rings (SSSR count). The molecule has 41 heavy (non-hydrogen) atoms. The van der Waals surface area contributed by atoms with Gasteiger partial charge in [-0.25, -0.2) is 0 Å². The molecule has 0 atom stereocenters. The summed E-state index contributed by atoms with van der Waals surface area (Å²) in [4.78, 5) is 18.6. The van der Waals surface area contributed by atoms with Crippen LogP contribution in [-0.2, 0) is 17.8 Å². The number of hydrogen-bond acceptors (Lipinski definition) is 3. The smallest absolute Gasteiger partial charge is 0.224 e. The highest BCUT2D eigenvalue weighted by Crippen LogP contribution is 2.28. The maximum Gasteiger partial charge on any atom is 0.224 e. The molecule has 0 aliphatic carbocycles. The van der Waals surface area contributed by atoms with E-state index < -0.39 is 0 Å². The van der Waals surface area contributed by atoms with Crippen LogP contribution in [0.25, 0.3) is 0 Å². The summed E-state index contributed by atoms with van der Waals surface area (Å²) >= 11 is 6.57. The molecule has 0 saturated heterocycles. The Balaban J connectivity index is 0.00000588. The van der Waals surface area contributed by atoms with Crippen LogP contribution in [-0.4, -0.2) is 17.5 Å². The molecule has 0 aliphatic heterocycles. The van der Waals surface area contributed by atoms with E-state index in [1.165, 1.54) is 70.6 Å². The fraction of sp³-hybridized carbons (Fsp3) is 0.486. The zero-order valence-corrected chi connectivity index (χ0v) is 27.4. The molecule has 224 valence electrons. The third kappa shape index (κ3) is 13.4. The van der Waals surface area contributed by atoms with Gasteiger partial charge in [-0.2, -0.15) is 0 Å². The first-order chi connectivity index (χ1) is 19.6. The van der Waals surface area contributed by atoms with Crippen LogP contribution < -0.4 is 9.64 Å². The van der Waals surface area contributed by atoms with Crippen molar-refractivity contribution in [2.24, 2.45) is 0 Å². The molecule has 0 fully saturated rings. The van der Waals surface area contributed by atoms with E-state index >= 15 is 0 Å². The van der Waals surface area contributed by atoms with Crippen LogP contribution >= 0.6 is 28.6 Å². The number of pyridine rings is 1. The molecular formula is C35H48BrClN2O2. The van der Waals surface area contributed by atoms with E-state index in [1.807, 2.05) is 42.6 Å². The summed E-state index contributed by atoms with van der Waals surface area (Å²) in [6.45, 7) is 5.00. The SMILES string of the molecule is Br.CCCCCCCCCCCCCCOc1ccc(CN(C(C)=O)c2cccc(Cc3cccnc3)c2)cc1Cl. The Morgan fingerprint density at radius 1 is 0.805 bits per heavy atom. The number of aromatic nitrogens is 1. The summed E-state index contributed by atoms with van der Waals surface area (Å²) in [5, 5.41) is 0.588. The number of anilines is 1. The van der Waals surface area contributed by atoms with E-state index in [0.29, 0.717) is 23.9 Å². The number of carbonyl (C=O) groups is 1. The molecular weight excluding hydrogens is 596 g/mol. The van der Waals surface area contributed by atoms with Crippen LogP contribution in [0.4, 0.5) is 5.69 Å². The third-order valence-electron chi connectivity index (χ3n) is 7.33. The molecule has 0 N–H and O–H groups in total. The van der Waals surface area contributed by atoms with Crippen molar-refractivity contribution in [1.82, 2.24) is 4.98 Å². The minimum Gasteiger partial charge on any atom is -0.492 e. The lowest BCUT2D eigenvalue weighted by atomic mass is 10.1. The van der Waals surface area contributed by atoms with Gasteiger partial charge in [-0.05, 0) is 59.9 Å². The van der Waals surface area contributed by atoms with Crippen molar-refractivity contribution < 1.29 is 9.53 Å². The number of benzene rings is 2. The summed E-state index contributed by atoms with van der Waals surface area (Å²) in [6, 6.07) is 18.0. The van der Waals surface area contributed by atoms with E-state index in [2.05, 4.69) is 30.1 Å². The summed E-state index contributed by atoms with van der Waals surface area (Å²) in [6.07, 6.45) is 20.3.